The van der Waals surface area contributed by atoms with Crippen LogP contribution >= 0.6 is 0 Å². The first-order valence-corrected chi connectivity index (χ1v) is 6.16. The van der Waals surface area contributed by atoms with Gasteiger partial charge in [0.2, 0.25) is 0 Å². The van der Waals surface area contributed by atoms with Crippen LogP contribution in [-0.2, 0) is 9.47 Å². The molecule has 0 aromatic heterocycles. The Morgan fingerprint density at radius 2 is 1.63 bits per heavy atom. The first-order valence-electron chi connectivity index (χ1n) is 6.16. The van der Waals surface area contributed by atoms with Crippen LogP contribution < -0.4 is 0 Å². The number of methoxy groups -OCH3 is 2. The van der Waals surface area contributed by atoms with Crippen molar-refractivity contribution in [1.82, 2.24) is 0 Å². The lowest BCUT2D eigenvalue weighted by atomic mass is 9.67. The Kier molecular flexibility index (Phi) is 2.84. The van der Waals surface area contributed by atoms with Crippen molar-refractivity contribution in [1.29, 1.82) is 0 Å². The topological polar surface area (TPSA) is 52.6 Å². The van der Waals surface area contributed by atoms with Gasteiger partial charge in [0.05, 0.1) is 0 Å². The molecule has 0 bridgehead atoms. The van der Waals surface area contributed by atoms with E-state index in [0.29, 0.717) is 28.7 Å². The van der Waals surface area contributed by atoms with E-state index in [1.54, 1.807) is 24.3 Å². The molecule has 0 N–H and O–H groups in total. The van der Waals surface area contributed by atoms with E-state index in [1.165, 1.54) is 14.2 Å². The molecule has 1 atom stereocenters. The van der Waals surface area contributed by atoms with Gasteiger partial charge in [-0.2, -0.15) is 0 Å². The van der Waals surface area contributed by atoms with Gasteiger partial charge >= 0.3 is 0 Å². The molecule has 0 amide bonds. The third kappa shape index (κ3) is 1.60. The van der Waals surface area contributed by atoms with Crippen LogP contribution in [0.1, 0.15) is 27.1 Å². The normalized spacial score (nSPS) is 21.3. The van der Waals surface area contributed by atoms with Gasteiger partial charge in [-0.1, -0.05) is 24.3 Å². The lowest BCUT2D eigenvalue weighted by Crippen LogP contribution is -2.41. The van der Waals surface area contributed by atoms with Gasteiger partial charge in [0, 0.05) is 42.4 Å². The van der Waals surface area contributed by atoms with E-state index < -0.39 is 6.29 Å². The van der Waals surface area contributed by atoms with Crippen LogP contribution in [-0.4, -0.2) is 32.1 Å². The standard InChI is InChI=1S/C15H14O4/c1-18-15(19-2)11-7-10-12(11)14(17)9-6-4-3-5-8(9)13(10)16/h3-6,11,15H,7H2,1-2H3. The van der Waals surface area contributed by atoms with Gasteiger partial charge in [-0.3, -0.25) is 9.59 Å². The average Bonchev–Trinajstić information content (AvgIpc) is 2.41. The Morgan fingerprint density at radius 1 is 1.05 bits per heavy atom. The van der Waals surface area contributed by atoms with Crippen molar-refractivity contribution in [2.24, 2.45) is 5.92 Å². The molecule has 2 aliphatic carbocycles. The van der Waals surface area contributed by atoms with E-state index in [0.717, 1.165) is 0 Å². The minimum absolute atomic E-state index is 0.0348. The van der Waals surface area contributed by atoms with Crippen molar-refractivity contribution in [2.75, 3.05) is 14.2 Å². The van der Waals surface area contributed by atoms with E-state index in [9.17, 15) is 9.59 Å². The highest BCUT2D eigenvalue weighted by molar-refractivity contribution is 6.28. The molecule has 19 heavy (non-hydrogen) atoms. The average molecular weight is 258 g/mol. The van der Waals surface area contributed by atoms with E-state index in [4.69, 9.17) is 9.47 Å². The molecule has 4 nitrogen and oxygen atoms in total. The molecule has 4 heteroatoms. The summed E-state index contributed by atoms with van der Waals surface area (Å²) in [5, 5.41) is 0. The Labute approximate surface area is 111 Å². The highest BCUT2D eigenvalue weighted by Crippen LogP contribution is 2.45. The van der Waals surface area contributed by atoms with Gasteiger partial charge in [0.15, 0.2) is 17.9 Å². The maximum absolute atomic E-state index is 12.4. The minimum Gasteiger partial charge on any atom is -0.355 e. The summed E-state index contributed by atoms with van der Waals surface area (Å²) in [5.41, 5.74) is 2.18. The van der Waals surface area contributed by atoms with Gasteiger partial charge in [-0.25, -0.2) is 0 Å². The van der Waals surface area contributed by atoms with Crippen molar-refractivity contribution >= 4 is 11.6 Å². The number of hydrogen-bond donors (Lipinski definition) is 0. The number of hydrogen-bond acceptors (Lipinski definition) is 4. The summed E-state index contributed by atoms with van der Waals surface area (Å²) >= 11 is 0. The molecule has 0 saturated carbocycles. The second kappa shape index (κ2) is 4.40. The molecule has 0 aliphatic heterocycles. The number of fused-ring (bicyclic) bond motifs is 1. The molecule has 0 saturated heterocycles. The fourth-order valence-electron chi connectivity index (χ4n) is 2.89. The highest BCUT2D eigenvalue weighted by atomic mass is 16.7. The van der Waals surface area contributed by atoms with Crippen molar-refractivity contribution < 1.29 is 19.1 Å². The summed E-state index contributed by atoms with van der Waals surface area (Å²) < 4.78 is 10.4. The van der Waals surface area contributed by atoms with Crippen LogP contribution in [0.5, 0.6) is 0 Å². The van der Waals surface area contributed by atoms with Crippen LogP contribution in [0.4, 0.5) is 0 Å². The van der Waals surface area contributed by atoms with E-state index in [-0.39, 0.29) is 17.5 Å². The third-order valence-corrected chi connectivity index (χ3v) is 3.85. The van der Waals surface area contributed by atoms with Crippen LogP contribution in [0, 0.1) is 5.92 Å². The third-order valence-electron chi connectivity index (χ3n) is 3.85. The first-order chi connectivity index (χ1) is 9.19. The molecule has 0 radical (unpaired) electrons. The number of rotatable bonds is 3. The van der Waals surface area contributed by atoms with Gasteiger partial charge < -0.3 is 9.47 Å². The molecule has 3 rings (SSSR count). The van der Waals surface area contributed by atoms with E-state index in [2.05, 4.69) is 0 Å². The zero-order valence-electron chi connectivity index (χ0n) is 10.8. The molecular weight excluding hydrogens is 244 g/mol. The van der Waals surface area contributed by atoms with Gasteiger partial charge in [0.1, 0.15) is 0 Å². The molecule has 0 heterocycles. The van der Waals surface area contributed by atoms with Crippen LogP contribution in [0.2, 0.25) is 0 Å². The van der Waals surface area contributed by atoms with E-state index in [1.807, 2.05) is 0 Å². The zero-order chi connectivity index (χ0) is 13.6. The van der Waals surface area contributed by atoms with Gasteiger partial charge in [-0.15, -0.1) is 0 Å². The fourth-order valence-corrected chi connectivity index (χ4v) is 2.89. The predicted octanol–water partition coefficient (Wildman–Crippen LogP) is 2.00. The molecule has 1 aromatic carbocycles. The van der Waals surface area contributed by atoms with Crippen molar-refractivity contribution in [3.8, 4) is 0 Å². The highest BCUT2D eigenvalue weighted by Gasteiger charge is 2.46. The number of ether oxygens (including phenoxy) is 2. The zero-order valence-corrected chi connectivity index (χ0v) is 10.8. The number of ketones is 2. The number of Topliss-reactive ketones (excluding diaryl/α,β-unsaturated/α-hetero) is 2. The van der Waals surface area contributed by atoms with Crippen molar-refractivity contribution in [3.05, 3.63) is 46.5 Å². The number of carbonyl (C=O) groups is 2. The molecule has 0 spiro atoms. The summed E-state index contributed by atoms with van der Waals surface area (Å²) in [7, 11) is 3.07. The number of carbonyl (C=O) groups excluding carboxylic acids is 2. The molecular formula is C15H14O4. The SMILES string of the molecule is COC(OC)C1CC2=C1C(=O)c1ccccc1C2=O. The maximum atomic E-state index is 12.4. The number of benzene rings is 1. The predicted molar refractivity (Wildman–Crippen MR) is 68.0 cm³/mol. The second-order valence-corrected chi connectivity index (χ2v) is 4.75. The van der Waals surface area contributed by atoms with Crippen LogP contribution in [0.3, 0.4) is 0 Å². The molecule has 98 valence electrons. The van der Waals surface area contributed by atoms with Gasteiger partial charge in [0.25, 0.3) is 0 Å². The quantitative estimate of drug-likeness (QED) is 0.778. The Hall–Kier alpha value is -1.78. The van der Waals surface area contributed by atoms with Crippen molar-refractivity contribution in [3.63, 3.8) is 0 Å². The summed E-state index contributed by atoms with van der Waals surface area (Å²) in [6, 6.07) is 6.95. The Morgan fingerprint density at radius 3 is 2.21 bits per heavy atom. The number of allylic oxidation sites excluding steroid dienone is 1. The fraction of sp³-hybridized carbons (Fsp3) is 0.333. The Balaban J connectivity index is 2.03. The van der Waals surface area contributed by atoms with E-state index >= 15 is 0 Å². The van der Waals surface area contributed by atoms with Crippen LogP contribution in [0.15, 0.2) is 35.4 Å². The minimum atomic E-state index is -0.472. The largest absolute Gasteiger partial charge is 0.355 e. The molecule has 0 fully saturated rings. The lowest BCUT2D eigenvalue weighted by molar-refractivity contribution is -0.132. The smallest absolute Gasteiger partial charge is 0.190 e. The summed E-state index contributed by atoms with van der Waals surface area (Å²) in [4.78, 5) is 24.7. The van der Waals surface area contributed by atoms with Crippen molar-refractivity contribution in [2.45, 2.75) is 12.7 Å². The Bertz CT molecular complexity index is 596. The molecule has 2 aliphatic rings. The summed E-state index contributed by atoms with van der Waals surface area (Å²) in [5.74, 6) is -0.247. The van der Waals surface area contributed by atoms with Crippen LogP contribution in [0.25, 0.3) is 0 Å². The first kappa shape index (κ1) is 12.3. The summed E-state index contributed by atoms with van der Waals surface area (Å²) in [6.07, 6.45) is 0.0707. The summed E-state index contributed by atoms with van der Waals surface area (Å²) in [6.45, 7) is 0. The monoisotopic (exact) mass is 258 g/mol. The second-order valence-electron chi connectivity index (χ2n) is 4.75. The van der Waals surface area contributed by atoms with Gasteiger partial charge in [-0.05, 0) is 6.42 Å². The lowest BCUT2D eigenvalue weighted by Gasteiger charge is -2.38. The molecule has 1 unspecified atom stereocenters. The molecule has 1 aromatic rings. The maximum Gasteiger partial charge on any atom is 0.190 e.